The standard InChI is InChI=1S/C13H23NO8P2.4Na/c15-3-1-14(2-4-16)8-11-5-12(9-23(17,18)19)7-13(6-11)10-24(20,21)22;;;;/h5-7,15-16H,1-4,8-10H2,(H2,17,18,19)(H2,20,21,22);;;;/q;4*+1/p-4. The molecular weight excluding hydrogens is 452 g/mol. The van der Waals surface area contributed by atoms with E-state index >= 15 is 0 Å². The largest absolute Gasteiger partial charge is 1.00 e. The first-order chi connectivity index (χ1) is 11.0. The van der Waals surface area contributed by atoms with Gasteiger partial charge in [0.1, 0.15) is 0 Å². The molecule has 0 saturated heterocycles. The van der Waals surface area contributed by atoms with Crippen LogP contribution in [0.25, 0.3) is 0 Å². The fraction of sp³-hybridized carbons (Fsp3) is 0.538. The van der Waals surface area contributed by atoms with Gasteiger partial charge in [-0.2, -0.15) is 0 Å². The summed E-state index contributed by atoms with van der Waals surface area (Å²) in [6.45, 7) is 0.330. The maximum Gasteiger partial charge on any atom is 1.00 e. The molecule has 15 heteroatoms. The molecule has 0 aliphatic rings. The zero-order chi connectivity index (χ0) is 18.4. The molecule has 1 aromatic rings. The Kier molecular flexibility index (Phi) is 25.9. The van der Waals surface area contributed by atoms with Crippen LogP contribution in [0.5, 0.6) is 0 Å². The van der Waals surface area contributed by atoms with Crippen LogP contribution in [0, 0.1) is 0 Å². The van der Waals surface area contributed by atoms with Gasteiger partial charge in [0.15, 0.2) is 0 Å². The van der Waals surface area contributed by atoms with Crippen LogP contribution < -0.4 is 138 Å². The molecule has 0 spiro atoms. The van der Waals surface area contributed by atoms with Crippen molar-refractivity contribution >= 4 is 15.2 Å². The van der Waals surface area contributed by atoms with E-state index in [1.54, 1.807) is 4.90 Å². The van der Waals surface area contributed by atoms with E-state index in [0.717, 1.165) is 0 Å². The summed E-state index contributed by atoms with van der Waals surface area (Å²) in [7, 11) is -9.71. The molecule has 9 nitrogen and oxygen atoms in total. The van der Waals surface area contributed by atoms with E-state index in [4.69, 9.17) is 10.2 Å². The summed E-state index contributed by atoms with van der Waals surface area (Å²) in [5, 5.41) is 18.0. The van der Waals surface area contributed by atoms with Gasteiger partial charge in [-0.15, -0.1) is 0 Å². The normalized spacial score (nSPS) is 11.0. The van der Waals surface area contributed by atoms with E-state index < -0.39 is 27.5 Å². The zero-order valence-electron chi connectivity index (χ0n) is 16.9. The maximum atomic E-state index is 11.0. The molecule has 2 N–H and O–H groups in total. The minimum atomic E-state index is -4.86. The Balaban J connectivity index is -0.000000720. The molecule has 0 heterocycles. The second-order valence-corrected chi connectivity index (χ2v) is 8.50. The Morgan fingerprint density at radius 3 is 1.32 bits per heavy atom. The van der Waals surface area contributed by atoms with Crippen molar-refractivity contribution in [3.63, 3.8) is 0 Å². The first-order valence-corrected chi connectivity index (χ1v) is 10.6. The number of benzene rings is 1. The van der Waals surface area contributed by atoms with Gasteiger partial charge in [0, 0.05) is 32.0 Å². The summed E-state index contributed by atoms with van der Waals surface area (Å²) in [6.07, 6.45) is -1.59. The molecule has 0 radical (unpaired) electrons. The number of nitrogens with zero attached hydrogens (tertiary/aromatic N) is 1. The Labute approximate surface area is 253 Å². The summed E-state index contributed by atoms with van der Waals surface area (Å²) >= 11 is 0. The van der Waals surface area contributed by atoms with Crippen LogP contribution >= 0.6 is 15.2 Å². The molecule has 28 heavy (non-hydrogen) atoms. The first kappa shape index (κ1) is 38.7. The number of hydrogen-bond acceptors (Lipinski definition) is 9. The second kappa shape index (κ2) is 18.8. The van der Waals surface area contributed by atoms with Crippen LogP contribution in [-0.4, -0.2) is 41.4 Å². The molecule has 138 valence electrons. The van der Waals surface area contributed by atoms with Gasteiger partial charge in [-0.3, -0.25) is 4.90 Å². The van der Waals surface area contributed by atoms with Crippen molar-refractivity contribution < 1.29 is 157 Å². The summed E-state index contributed by atoms with van der Waals surface area (Å²) < 4.78 is 21.9. The van der Waals surface area contributed by atoms with Crippen molar-refractivity contribution in [2.24, 2.45) is 0 Å². The third-order valence-corrected chi connectivity index (χ3v) is 4.61. The molecule has 0 aliphatic heterocycles. The molecule has 0 fully saturated rings. The van der Waals surface area contributed by atoms with Gasteiger partial charge >= 0.3 is 118 Å². The van der Waals surface area contributed by atoms with Crippen molar-refractivity contribution in [3.05, 3.63) is 34.9 Å². The molecule has 0 bridgehead atoms. The smallest absolute Gasteiger partial charge is 0.810 e. The quantitative estimate of drug-likeness (QED) is 0.249. The van der Waals surface area contributed by atoms with Gasteiger partial charge in [0.25, 0.3) is 0 Å². The Bertz CT molecular complexity index is 595. The number of aliphatic hydroxyl groups excluding tert-OH is 2. The van der Waals surface area contributed by atoms with Crippen LogP contribution in [0.15, 0.2) is 18.2 Å². The summed E-state index contributed by atoms with van der Waals surface area (Å²) in [6, 6.07) is 4.05. The van der Waals surface area contributed by atoms with Gasteiger partial charge in [-0.25, -0.2) is 0 Å². The van der Waals surface area contributed by atoms with E-state index in [2.05, 4.69) is 0 Å². The van der Waals surface area contributed by atoms with Crippen molar-refractivity contribution in [1.29, 1.82) is 0 Å². The molecule has 1 aromatic carbocycles. The topological polar surface area (TPSA) is 170 Å². The summed E-state index contributed by atoms with van der Waals surface area (Å²) in [5.74, 6) is 0. The van der Waals surface area contributed by atoms with Crippen LogP contribution in [-0.2, 0) is 28.0 Å². The predicted molar refractivity (Wildman–Crippen MR) is 78.5 cm³/mol. The number of rotatable bonds is 10. The Morgan fingerprint density at radius 2 is 1.04 bits per heavy atom. The number of aliphatic hydroxyl groups is 2. The van der Waals surface area contributed by atoms with Crippen LogP contribution in [0.4, 0.5) is 0 Å². The van der Waals surface area contributed by atoms with E-state index in [0.29, 0.717) is 5.56 Å². The average molecular weight is 471 g/mol. The fourth-order valence-electron chi connectivity index (χ4n) is 2.37. The molecule has 0 aromatic heterocycles. The fourth-order valence-corrected chi connectivity index (χ4v) is 3.63. The van der Waals surface area contributed by atoms with Crippen LogP contribution in [0.3, 0.4) is 0 Å². The minimum Gasteiger partial charge on any atom is -0.810 e. The third-order valence-electron chi connectivity index (χ3n) is 3.10. The van der Waals surface area contributed by atoms with Crippen LogP contribution in [0.1, 0.15) is 16.7 Å². The molecule has 0 aliphatic carbocycles. The van der Waals surface area contributed by atoms with Crippen molar-refractivity contribution in [1.82, 2.24) is 4.90 Å². The average Bonchev–Trinajstić information content (AvgIpc) is 2.34. The third kappa shape index (κ3) is 18.9. The SMILES string of the molecule is O=P([O-])([O-])Cc1cc(CN(CCO)CCO)cc(CP(=O)([O-])[O-])c1.[Na+].[Na+].[Na+].[Na+]. The Hall–Kier alpha value is 3.40. The van der Waals surface area contributed by atoms with Gasteiger partial charge in [0.2, 0.25) is 0 Å². The predicted octanol–water partition coefficient (Wildman–Crippen LogP) is -14.7. The van der Waals surface area contributed by atoms with Gasteiger partial charge in [-0.05, 0) is 16.7 Å². The van der Waals surface area contributed by atoms with Gasteiger partial charge < -0.3 is 38.9 Å². The second-order valence-electron chi connectivity index (χ2n) is 5.42. The monoisotopic (exact) mass is 471 g/mol. The summed E-state index contributed by atoms with van der Waals surface area (Å²) in [5.41, 5.74) is 0.667. The minimum absolute atomic E-state index is 0. The van der Waals surface area contributed by atoms with Crippen molar-refractivity contribution in [2.45, 2.75) is 18.9 Å². The van der Waals surface area contributed by atoms with Crippen molar-refractivity contribution in [2.75, 3.05) is 26.3 Å². The van der Waals surface area contributed by atoms with Crippen molar-refractivity contribution in [3.8, 4) is 0 Å². The molecule has 1 rings (SSSR count). The molecule has 0 saturated carbocycles. The van der Waals surface area contributed by atoms with E-state index in [9.17, 15) is 28.7 Å². The zero-order valence-corrected chi connectivity index (χ0v) is 26.7. The number of hydrogen-bond donors (Lipinski definition) is 2. The molecular formula is C13H19NNa4O8P2. The van der Waals surface area contributed by atoms with E-state index in [1.165, 1.54) is 18.2 Å². The van der Waals surface area contributed by atoms with E-state index in [-0.39, 0.29) is 162 Å². The molecule has 0 atom stereocenters. The maximum absolute atomic E-state index is 11.0. The van der Waals surface area contributed by atoms with Gasteiger partial charge in [-0.1, -0.05) is 33.4 Å². The first-order valence-electron chi connectivity index (χ1n) is 7.10. The Morgan fingerprint density at radius 1 is 0.714 bits per heavy atom. The summed E-state index contributed by atoms with van der Waals surface area (Å²) in [4.78, 5) is 45.5. The van der Waals surface area contributed by atoms with Gasteiger partial charge in [0.05, 0.1) is 13.2 Å². The van der Waals surface area contributed by atoms with E-state index in [1.807, 2.05) is 0 Å². The molecule has 0 amide bonds. The molecule has 0 unspecified atom stereocenters. The van der Waals surface area contributed by atoms with Crippen LogP contribution in [0.2, 0.25) is 0 Å².